The highest BCUT2D eigenvalue weighted by Crippen LogP contribution is 2.23. The third-order valence-corrected chi connectivity index (χ3v) is 3.75. The molecule has 120 valence electrons. The van der Waals surface area contributed by atoms with Gasteiger partial charge in [-0.15, -0.1) is 12.3 Å². The van der Waals surface area contributed by atoms with E-state index in [1.54, 1.807) is 12.1 Å². The minimum Gasteiger partial charge on any atom is -0.494 e. The van der Waals surface area contributed by atoms with E-state index < -0.39 is 0 Å². The SMILES string of the molecule is C#CCCCCOc1ccc(-c2nc3ccc(C=O)cc3[nH]2)cc1. The first-order chi connectivity index (χ1) is 11.8. The van der Waals surface area contributed by atoms with Crippen molar-refractivity contribution in [2.45, 2.75) is 19.3 Å². The average molecular weight is 318 g/mol. The van der Waals surface area contributed by atoms with Crippen molar-refractivity contribution in [3.8, 4) is 29.5 Å². The number of imidazole rings is 1. The van der Waals surface area contributed by atoms with Gasteiger partial charge >= 0.3 is 0 Å². The number of fused-ring (bicyclic) bond motifs is 1. The van der Waals surface area contributed by atoms with Gasteiger partial charge in [0.05, 0.1) is 17.6 Å². The lowest BCUT2D eigenvalue weighted by molar-refractivity contribution is 0.112. The Labute approximate surface area is 140 Å². The van der Waals surface area contributed by atoms with Gasteiger partial charge in [-0.25, -0.2) is 4.98 Å². The second kappa shape index (κ2) is 7.47. The minimum absolute atomic E-state index is 0.631. The molecule has 0 bridgehead atoms. The van der Waals surface area contributed by atoms with Gasteiger partial charge in [-0.3, -0.25) is 4.79 Å². The van der Waals surface area contributed by atoms with Gasteiger partial charge in [0.25, 0.3) is 0 Å². The summed E-state index contributed by atoms with van der Waals surface area (Å²) in [5.41, 5.74) is 3.29. The van der Waals surface area contributed by atoms with Crippen LogP contribution in [0.4, 0.5) is 0 Å². The number of aldehydes is 1. The number of hydrogen-bond acceptors (Lipinski definition) is 3. The Hall–Kier alpha value is -3.06. The van der Waals surface area contributed by atoms with Gasteiger partial charge in [-0.1, -0.05) is 0 Å². The van der Waals surface area contributed by atoms with E-state index in [9.17, 15) is 4.79 Å². The second-order valence-corrected chi connectivity index (χ2v) is 5.51. The largest absolute Gasteiger partial charge is 0.494 e. The Kier molecular flexibility index (Phi) is 4.93. The number of carbonyl (C=O) groups excluding carboxylic acids is 1. The molecule has 2 aromatic carbocycles. The van der Waals surface area contributed by atoms with Gasteiger partial charge < -0.3 is 9.72 Å². The molecule has 1 N–H and O–H groups in total. The van der Waals surface area contributed by atoms with Gasteiger partial charge in [-0.05, 0) is 55.3 Å². The van der Waals surface area contributed by atoms with Gasteiger partial charge in [0.1, 0.15) is 17.9 Å². The Bertz CT molecular complexity index is 873. The summed E-state index contributed by atoms with van der Waals surface area (Å²) in [5.74, 6) is 4.23. The molecule has 3 aromatic rings. The van der Waals surface area contributed by atoms with E-state index in [1.165, 1.54) is 0 Å². The maximum absolute atomic E-state index is 10.9. The quantitative estimate of drug-likeness (QED) is 0.403. The van der Waals surface area contributed by atoms with Crippen LogP contribution in [0, 0.1) is 12.3 Å². The van der Waals surface area contributed by atoms with Crippen LogP contribution >= 0.6 is 0 Å². The first-order valence-corrected chi connectivity index (χ1v) is 7.92. The number of hydrogen-bond donors (Lipinski definition) is 1. The van der Waals surface area contributed by atoms with Crippen molar-refractivity contribution in [2.24, 2.45) is 0 Å². The Balaban J connectivity index is 1.69. The summed E-state index contributed by atoms with van der Waals surface area (Å²) in [6, 6.07) is 13.2. The molecule has 24 heavy (non-hydrogen) atoms. The predicted octanol–water partition coefficient (Wildman–Crippen LogP) is 4.22. The minimum atomic E-state index is 0.631. The van der Waals surface area contributed by atoms with E-state index in [4.69, 9.17) is 11.2 Å². The maximum atomic E-state index is 10.9. The molecule has 0 unspecified atom stereocenters. The van der Waals surface area contributed by atoms with Crippen molar-refractivity contribution in [2.75, 3.05) is 6.61 Å². The highest BCUT2D eigenvalue weighted by atomic mass is 16.5. The van der Waals surface area contributed by atoms with E-state index in [2.05, 4.69) is 15.9 Å². The van der Waals surface area contributed by atoms with E-state index >= 15 is 0 Å². The van der Waals surface area contributed by atoms with Crippen LogP contribution in [0.5, 0.6) is 5.75 Å². The number of terminal acetylenes is 1. The van der Waals surface area contributed by atoms with Crippen LogP contribution < -0.4 is 4.74 Å². The lowest BCUT2D eigenvalue weighted by Gasteiger charge is -2.06. The molecule has 3 rings (SSSR count). The fraction of sp³-hybridized carbons (Fsp3) is 0.200. The number of rotatable bonds is 7. The van der Waals surface area contributed by atoms with E-state index in [0.29, 0.717) is 12.2 Å². The lowest BCUT2D eigenvalue weighted by atomic mass is 10.2. The van der Waals surface area contributed by atoms with E-state index in [1.807, 2.05) is 30.3 Å². The topological polar surface area (TPSA) is 55.0 Å². The second-order valence-electron chi connectivity index (χ2n) is 5.51. The van der Waals surface area contributed by atoms with Crippen LogP contribution in [-0.2, 0) is 0 Å². The van der Waals surface area contributed by atoms with Gasteiger partial charge in [0.15, 0.2) is 0 Å². The molecule has 0 aliphatic carbocycles. The number of aromatic amines is 1. The number of aromatic nitrogens is 2. The Morgan fingerprint density at radius 1 is 1.17 bits per heavy atom. The van der Waals surface area contributed by atoms with Crippen molar-refractivity contribution in [3.63, 3.8) is 0 Å². The van der Waals surface area contributed by atoms with Gasteiger partial charge in [0, 0.05) is 17.5 Å². The molecule has 0 radical (unpaired) electrons. The number of carbonyl (C=O) groups is 1. The van der Waals surface area contributed by atoms with Crippen LogP contribution in [0.3, 0.4) is 0 Å². The molecule has 0 saturated carbocycles. The van der Waals surface area contributed by atoms with Crippen molar-refractivity contribution in [1.29, 1.82) is 0 Å². The van der Waals surface area contributed by atoms with Gasteiger partial charge in [0.2, 0.25) is 0 Å². The molecule has 0 spiro atoms. The first-order valence-electron chi connectivity index (χ1n) is 7.92. The van der Waals surface area contributed by atoms with E-state index in [-0.39, 0.29) is 0 Å². The molecule has 0 aliphatic heterocycles. The van der Waals surface area contributed by atoms with Crippen molar-refractivity contribution in [1.82, 2.24) is 9.97 Å². The number of nitrogens with zero attached hydrogens (tertiary/aromatic N) is 1. The molecule has 4 nitrogen and oxygen atoms in total. The summed E-state index contributed by atoms with van der Waals surface area (Å²) >= 11 is 0. The van der Waals surface area contributed by atoms with Crippen molar-refractivity contribution < 1.29 is 9.53 Å². The number of H-pyrrole nitrogens is 1. The molecule has 0 fully saturated rings. The third kappa shape index (κ3) is 3.64. The van der Waals surface area contributed by atoms with E-state index in [0.717, 1.165) is 53.7 Å². The number of unbranched alkanes of at least 4 members (excludes halogenated alkanes) is 2. The Morgan fingerprint density at radius 2 is 2.00 bits per heavy atom. The monoisotopic (exact) mass is 318 g/mol. The summed E-state index contributed by atoms with van der Waals surface area (Å²) in [4.78, 5) is 18.6. The van der Waals surface area contributed by atoms with Crippen LogP contribution in [0.25, 0.3) is 22.4 Å². The number of benzene rings is 2. The summed E-state index contributed by atoms with van der Waals surface area (Å²) in [7, 11) is 0. The zero-order valence-electron chi connectivity index (χ0n) is 13.3. The predicted molar refractivity (Wildman–Crippen MR) is 95.1 cm³/mol. The first kappa shape index (κ1) is 15.8. The Morgan fingerprint density at radius 3 is 2.75 bits per heavy atom. The van der Waals surface area contributed by atoms with Gasteiger partial charge in [-0.2, -0.15) is 0 Å². The molecule has 0 saturated heterocycles. The molecule has 0 aliphatic rings. The van der Waals surface area contributed by atoms with Crippen LogP contribution in [0.1, 0.15) is 29.6 Å². The van der Waals surface area contributed by atoms with Crippen molar-refractivity contribution in [3.05, 3.63) is 48.0 Å². The number of ether oxygens (including phenoxy) is 1. The summed E-state index contributed by atoms with van der Waals surface area (Å²) in [5, 5.41) is 0. The molecule has 1 aromatic heterocycles. The highest BCUT2D eigenvalue weighted by molar-refractivity contribution is 5.86. The fourth-order valence-corrected chi connectivity index (χ4v) is 2.47. The summed E-state index contributed by atoms with van der Waals surface area (Å²) < 4.78 is 5.69. The average Bonchev–Trinajstić information content (AvgIpc) is 3.05. The maximum Gasteiger partial charge on any atom is 0.150 e. The normalized spacial score (nSPS) is 10.5. The van der Waals surface area contributed by atoms with Crippen LogP contribution in [0.15, 0.2) is 42.5 Å². The molecule has 1 heterocycles. The zero-order chi connectivity index (χ0) is 16.8. The molecule has 0 amide bonds. The smallest absolute Gasteiger partial charge is 0.150 e. The summed E-state index contributed by atoms with van der Waals surface area (Å²) in [6.45, 7) is 0.667. The highest BCUT2D eigenvalue weighted by Gasteiger charge is 2.06. The summed E-state index contributed by atoms with van der Waals surface area (Å²) in [6.07, 6.45) is 8.78. The third-order valence-electron chi connectivity index (χ3n) is 3.75. The molecular weight excluding hydrogens is 300 g/mol. The van der Waals surface area contributed by atoms with Crippen molar-refractivity contribution >= 4 is 17.3 Å². The number of nitrogens with one attached hydrogen (secondary N) is 1. The lowest BCUT2D eigenvalue weighted by Crippen LogP contribution is -1.96. The molecular formula is C20H18N2O2. The van der Waals surface area contributed by atoms with Crippen LogP contribution in [-0.4, -0.2) is 22.9 Å². The fourth-order valence-electron chi connectivity index (χ4n) is 2.47. The zero-order valence-corrected chi connectivity index (χ0v) is 13.3. The standard InChI is InChI=1S/C20H18N2O2/c1-2-3-4-5-12-24-17-9-7-16(8-10-17)20-21-18-11-6-15(14-23)13-19(18)22-20/h1,6-11,13-14H,3-5,12H2,(H,21,22). The van der Waals surface area contributed by atoms with Crippen LogP contribution in [0.2, 0.25) is 0 Å². The molecule has 4 heteroatoms. The molecule has 0 atom stereocenters.